The lowest BCUT2D eigenvalue weighted by Crippen LogP contribution is -2.31. The lowest BCUT2D eigenvalue weighted by molar-refractivity contribution is -0.136. The number of halogens is 2. The van der Waals surface area contributed by atoms with Gasteiger partial charge in [0.15, 0.2) is 0 Å². The van der Waals surface area contributed by atoms with E-state index in [0.717, 1.165) is 0 Å². The molecule has 0 aliphatic rings. The summed E-state index contributed by atoms with van der Waals surface area (Å²) in [6, 6.07) is 0.00674. The molecule has 17 heavy (non-hydrogen) atoms. The fourth-order valence-corrected chi connectivity index (χ4v) is 1.27. The van der Waals surface area contributed by atoms with Gasteiger partial charge in [-0.3, -0.25) is 15.1 Å². The monoisotopic (exact) mass is 246 g/mol. The molecule has 0 aromatic carbocycles. The normalized spacial score (nSPS) is 12.5. The van der Waals surface area contributed by atoms with Gasteiger partial charge in [-0.05, 0) is 11.6 Å². The van der Waals surface area contributed by atoms with Gasteiger partial charge in [0.2, 0.25) is 0 Å². The van der Waals surface area contributed by atoms with Gasteiger partial charge < -0.3 is 9.84 Å². The number of nitrogens with one attached hydrogen (secondary N) is 1. The number of nitrogens with zero attached hydrogens (tertiary/aromatic N) is 1. The first-order valence-electron chi connectivity index (χ1n) is 4.77. The molecule has 1 unspecified atom stereocenters. The largest absolute Gasteiger partial charge is 0.495 e. The summed E-state index contributed by atoms with van der Waals surface area (Å²) < 4.78 is 30.4. The van der Waals surface area contributed by atoms with Crippen LogP contribution in [0.25, 0.3) is 0 Å². The molecule has 0 spiro atoms. The molecule has 2 N–H and O–H groups in total. The molecule has 5 nitrogen and oxygen atoms in total. The molecule has 1 aromatic rings. The molecule has 0 bridgehead atoms. The maximum Gasteiger partial charge on any atom is 0.317 e. The van der Waals surface area contributed by atoms with E-state index in [4.69, 9.17) is 9.84 Å². The van der Waals surface area contributed by atoms with Gasteiger partial charge in [-0.1, -0.05) is 0 Å². The zero-order valence-corrected chi connectivity index (χ0v) is 9.06. The Morgan fingerprint density at radius 1 is 1.59 bits per heavy atom. The van der Waals surface area contributed by atoms with E-state index in [-0.39, 0.29) is 5.56 Å². The van der Waals surface area contributed by atoms with Crippen LogP contribution in [0.1, 0.15) is 11.6 Å². The molecule has 1 rings (SSSR count). The van der Waals surface area contributed by atoms with Gasteiger partial charge in [-0.25, -0.2) is 8.78 Å². The molecule has 1 heterocycles. The molecule has 1 aromatic heterocycles. The molecular formula is C10H12F2N2O3. The molecule has 0 amide bonds. The van der Waals surface area contributed by atoms with Crippen LogP contribution in [0.15, 0.2) is 18.5 Å². The lowest BCUT2D eigenvalue weighted by atomic mass is 10.1. The van der Waals surface area contributed by atoms with Crippen molar-refractivity contribution in [3.05, 3.63) is 24.0 Å². The van der Waals surface area contributed by atoms with Crippen LogP contribution in [0.3, 0.4) is 0 Å². The Morgan fingerprint density at radius 2 is 2.29 bits per heavy atom. The average Bonchev–Trinajstić information content (AvgIpc) is 2.28. The minimum absolute atomic E-state index is 0.181. The highest BCUT2D eigenvalue weighted by atomic mass is 19.3. The van der Waals surface area contributed by atoms with Crippen LogP contribution in [0.4, 0.5) is 8.78 Å². The van der Waals surface area contributed by atoms with Crippen molar-refractivity contribution in [2.24, 2.45) is 0 Å². The van der Waals surface area contributed by atoms with E-state index < -0.39 is 25.0 Å². The van der Waals surface area contributed by atoms with Crippen LogP contribution in [0.5, 0.6) is 5.75 Å². The Morgan fingerprint density at radius 3 is 2.82 bits per heavy atom. The van der Waals surface area contributed by atoms with E-state index >= 15 is 0 Å². The van der Waals surface area contributed by atoms with Crippen molar-refractivity contribution in [3.63, 3.8) is 0 Å². The maximum absolute atomic E-state index is 12.7. The summed E-state index contributed by atoms with van der Waals surface area (Å²) in [5.74, 6) is -0.864. The number of rotatable bonds is 6. The van der Waals surface area contributed by atoms with Crippen molar-refractivity contribution < 1.29 is 23.4 Å². The highest BCUT2D eigenvalue weighted by Gasteiger charge is 2.23. The van der Waals surface area contributed by atoms with Gasteiger partial charge in [0.1, 0.15) is 5.75 Å². The van der Waals surface area contributed by atoms with Crippen LogP contribution in [0.2, 0.25) is 0 Å². The summed E-state index contributed by atoms with van der Waals surface area (Å²) in [5, 5.41) is 10.7. The van der Waals surface area contributed by atoms with Crippen LogP contribution >= 0.6 is 0 Å². The summed E-state index contributed by atoms with van der Waals surface area (Å²) in [6.07, 6.45) is -0.111. The molecule has 0 aliphatic heterocycles. The topological polar surface area (TPSA) is 71.5 Å². The number of methoxy groups -OCH3 is 1. The van der Waals surface area contributed by atoms with Gasteiger partial charge in [0.25, 0.3) is 6.43 Å². The first-order valence-corrected chi connectivity index (χ1v) is 4.77. The molecule has 0 saturated heterocycles. The fourth-order valence-electron chi connectivity index (χ4n) is 1.27. The number of aromatic nitrogens is 1. The smallest absolute Gasteiger partial charge is 0.317 e. The first-order chi connectivity index (χ1) is 8.04. The molecule has 0 aliphatic carbocycles. The number of pyridine rings is 1. The summed E-state index contributed by atoms with van der Waals surface area (Å²) in [6.45, 7) is -0.549. The van der Waals surface area contributed by atoms with Crippen LogP contribution in [-0.2, 0) is 4.79 Å². The number of aliphatic carboxylic acids is 1. The number of hydrogen-bond acceptors (Lipinski definition) is 4. The van der Waals surface area contributed by atoms with Gasteiger partial charge in [-0.2, -0.15) is 0 Å². The van der Waals surface area contributed by atoms with Crippen molar-refractivity contribution in [2.75, 3.05) is 13.7 Å². The van der Waals surface area contributed by atoms with Crippen molar-refractivity contribution >= 4 is 5.97 Å². The van der Waals surface area contributed by atoms with E-state index in [1.807, 2.05) is 0 Å². The van der Waals surface area contributed by atoms with Crippen molar-refractivity contribution in [1.29, 1.82) is 0 Å². The van der Waals surface area contributed by atoms with Crippen molar-refractivity contribution in [2.45, 2.75) is 12.5 Å². The van der Waals surface area contributed by atoms with E-state index in [9.17, 15) is 13.6 Å². The van der Waals surface area contributed by atoms with E-state index in [1.165, 1.54) is 25.6 Å². The molecule has 1 atom stereocenters. The van der Waals surface area contributed by atoms with E-state index in [2.05, 4.69) is 10.3 Å². The number of carbonyl (C=O) groups is 1. The highest BCUT2D eigenvalue weighted by molar-refractivity contribution is 5.69. The third kappa shape index (κ3) is 3.95. The second-order valence-electron chi connectivity index (χ2n) is 3.24. The SMILES string of the molecule is COc1cncc(C(NCC(=O)O)C(F)F)c1. The summed E-state index contributed by atoms with van der Waals surface area (Å²) >= 11 is 0. The van der Waals surface area contributed by atoms with Crippen LogP contribution in [-0.4, -0.2) is 36.1 Å². The minimum Gasteiger partial charge on any atom is -0.495 e. The second kappa shape index (κ2) is 6.09. The van der Waals surface area contributed by atoms with Gasteiger partial charge in [0.05, 0.1) is 25.9 Å². The Labute approximate surface area is 96.4 Å². The van der Waals surface area contributed by atoms with Crippen LogP contribution < -0.4 is 10.1 Å². The molecule has 7 heteroatoms. The average molecular weight is 246 g/mol. The van der Waals surface area contributed by atoms with Crippen LogP contribution in [0, 0.1) is 0 Å². The molecule has 0 fully saturated rings. The van der Waals surface area contributed by atoms with Gasteiger partial charge >= 0.3 is 5.97 Å². The number of hydrogen-bond donors (Lipinski definition) is 2. The summed E-state index contributed by atoms with van der Waals surface area (Å²) in [5.41, 5.74) is 0.181. The minimum atomic E-state index is -2.73. The molecule has 0 saturated carbocycles. The quantitative estimate of drug-likeness (QED) is 0.785. The molecule has 94 valence electrons. The zero-order valence-electron chi connectivity index (χ0n) is 9.06. The first kappa shape index (κ1) is 13.3. The van der Waals surface area contributed by atoms with Crippen molar-refractivity contribution in [1.82, 2.24) is 10.3 Å². The van der Waals surface area contributed by atoms with E-state index in [1.54, 1.807) is 0 Å². The standard InChI is InChI=1S/C10H12F2N2O3/c1-17-7-2-6(3-13-4-7)9(10(11)12)14-5-8(15)16/h2-4,9-10,14H,5H2,1H3,(H,15,16). The van der Waals surface area contributed by atoms with E-state index in [0.29, 0.717) is 5.75 Å². The molecular weight excluding hydrogens is 234 g/mol. The van der Waals surface area contributed by atoms with Gasteiger partial charge in [-0.15, -0.1) is 0 Å². The predicted molar refractivity (Wildman–Crippen MR) is 55.2 cm³/mol. The fraction of sp³-hybridized carbons (Fsp3) is 0.400. The maximum atomic E-state index is 12.7. The summed E-state index contributed by atoms with van der Waals surface area (Å²) in [4.78, 5) is 14.1. The lowest BCUT2D eigenvalue weighted by Gasteiger charge is -2.17. The number of ether oxygens (including phenoxy) is 1. The Hall–Kier alpha value is -1.76. The number of alkyl halides is 2. The van der Waals surface area contributed by atoms with Crippen molar-refractivity contribution in [3.8, 4) is 5.75 Å². The predicted octanol–water partition coefficient (Wildman–Crippen LogP) is 1.07. The Bertz CT molecular complexity index is 388. The molecule has 0 radical (unpaired) electrons. The third-order valence-corrected chi connectivity index (χ3v) is 2.05. The summed E-state index contributed by atoms with van der Waals surface area (Å²) in [7, 11) is 1.39. The Balaban J connectivity index is 2.84. The number of carboxylic acids is 1. The third-order valence-electron chi connectivity index (χ3n) is 2.05. The second-order valence-corrected chi connectivity index (χ2v) is 3.24. The van der Waals surface area contributed by atoms with Gasteiger partial charge in [0, 0.05) is 6.20 Å². The zero-order chi connectivity index (χ0) is 12.8. The number of carboxylic acid groups (broad SMARTS) is 1. The Kier molecular flexibility index (Phi) is 4.77. The highest BCUT2D eigenvalue weighted by Crippen LogP contribution is 2.22.